The van der Waals surface area contributed by atoms with Gasteiger partial charge in [-0.15, -0.1) is 0 Å². The van der Waals surface area contributed by atoms with Gasteiger partial charge in [0.2, 0.25) is 11.8 Å². The Balaban J connectivity index is 2.93. The summed E-state index contributed by atoms with van der Waals surface area (Å²) in [5.41, 5.74) is 4.09. The molecular formula is C24H42N4O5S. The SMILES string of the molecule is CC(C)C[C@H](CC(=O)[C@@H](S)CCN1C(=O)N(C)C(C)(C)C1=O)C(=O)N(C)[C@H](C(N)=O)C(C)(C)C. The molecule has 1 heterocycles. The minimum atomic E-state index is -0.934. The third-order valence-electron chi connectivity index (χ3n) is 6.50. The maximum atomic E-state index is 13.3. The van der Waals surface area contributed by atoms with E-state index in [1.807, 2.05) is 34.6 Å². The molecule has 1 fully saturated rings. The molecule has 1 aliphatic rings. The molecule has 9 nitrogen and oxygen atoms in total. The molecule has 0 aromatic rings. The number of primary amides is 1. The van der Waals surface area contributed by atoms with Gasteiger partial charge in [-0.3, -0.25) is 24.1 Å². The van der Waals surface area contributed by atoms with Gasteiger partial charge >= 0.3 is 6.03 Å². The van der Waals surface area contributed by atoms with Crippen LogP contribution in [-0.2, 0) is 19.2 Å². The maximum absolute atomic E-state index is 13.3. The number of hydrogen-bond donors (Lipinski definition) is 2. The first-order valence-corrected chi connectivity index (χ1v) is 12.2. The Hall–Kier alpha value is -2.10. The second-order valence-corrected chi connectivity index (χ2v) is 11.9. The van der Waals surface area contributed by atoms with Crippen LogP contribution in [0.5, 0.6) is 0 Å². The molecule has 0 bridgehead atoms. The molecule has 1 rings (SSSR count). The van der Waals surface area contributed by atoms with E-state index in [1.165, 1.54) is 9.80 Å². The Morgan fingerprint density at radius 2 is 1.68 bits per heavy atom. The minimum Gasteiger partial charge on any atom is -0.368 e. The van der Waals surface area contributed by atoms with Crippen LogP contribution >= 0.6 is 12.6 Å². The Morgan fingerprint density at radius 3 is 2.06 bits per heavy atom. The van der Waals surface area contributed by atoms with E-state index < -0.39 is 40.1 Å². The molecule has 0 spiro atoms. The highest BCUT2D eigenvalue weighted by molar-refractivity contribution is 7.81. The van der Waals surface area contributed by atoms with E-state index in [4.69, 9.17) is 5.73 Å². The lowest BCUT2D eigenvalue weighted by atomic mass is 9.83. The van der Waals surface area contributed by atoms with Gasteiger partial charge in [0.15, 0.2) is 0 Å². The summed E-state index contributed by atoms with van der Waals surface area (Å²) in [6, 6.07) is -1.22. The number of hydrogen-bond acceptors (Lipinski definition) is 6. The number of amides is 5. The average molecular weight is 499 g/mol. The van der Waals surface area contributed by atoms with Crippen LogP contribution in [0.25, 0.3) is 0 Å². The molecule has 0 aliphatic carbocycles. The highest BCUT2D eigenvalue weighted by atomic mass is 32.1. The van der Waals surface area contributed by atoms with Crippen molar-refractivity contribution < 1.29 is 24.0 Å². The predicted octanol–water partition coefficient (Wildman–Crippen LogP) is 2.33. The summed E-state index contributed by atoms with van der Waals surface area (Å²) in [5, 5.41) is -0.739. The highest BCUT2D eigenvalue weighted by Gasteiger charge is 2.49. The van der Waals surface area contributed by atoms with E-state index in [2.05, 4.69) is 12.6 Å². The first kappa shape index (κ1) is 29.9. The summed E-state index contributed by atoms with van der Waals surface area (Å²) in [6.45, 7) is 12.8. The van der Waals surface area contributed by atoms with Crippen molar-refractivity contribution in [1.29, 1.82) is 0 Å². The molecule has 3 atom stereocenters. The monoisotopic (exact) mass is 498 g/mol. The minimum absolute atomic E-state index is 0.0432. The molecule has 0 unspecified atom stereocenters. The first-order valence-electron chi connectivity index (χ1n) is 11.7. The van der Waals surface area contributed by atoms with Crippen molar-refractivity contribution in [2.75, 3.05) is 20.6 Å². The maximum Gasteiger partial charge on any atom is 0.327 e. The Kier molecular flexibility index (Phi) is 9.77. The van der Waals surface area contributed by atoms with E-state index >= 15 is 0 Å². The predicted molar refractivity (Wildman–Crippen MR) is 134 cm³/mol. The largest absolute Gasteiger partial charge is 0.368 e. The lowest BCUT2D eigenvalue weighted by molar-refractivity contribution is -0.146. The Bertz CT molecular complexity index is 821. The summed E-state index contributed by atoms with van der Waals surface area (Å²) < 4.78 is 0. The van der Waals surface area contributed by atoms with Crippen LogP contribution in [0.15, 0.2) is 0 Å². The normalized spacial score (nSPS) is 18.8. The van der Waals surface area contributed by atoms with Gasteiger partial charge in [-0.1, -0.05) is 34.6 Å². The van der Waals surface area contributed by atoms with Crippen LogP contribution in [0, 0.1) is 17.3 Å². The van der Waals surface area contributed by atoms with Crippen molar-refractivity contribution >= 4 is 42.2 Å². The molecule has 0 radical (unpaired) electrons. The lowest BCUT2D eigenvalue weighted by Gasteiger charge is -2.37. The van der Waals surface area contributed by atoms with Crippen molar-refractivity contribution in [1.82, 2.24) is 14.7 Å². The molecular weight excluding hydrogens is 456 g/mol. The van der Waals surface area contributed by atoms with Crippen molar-refractivity contribution in [3.05, 3.63) is 0 Å². The smallest absolute Gasteiger partial charge is 0.327 e. The average Bonchev–Trinajstić information content (AvgIpc) is 2.82. The van der Waals surface area contributed by atoms with Gasteiger partial charge in [0.1, 0.15) is 17.4 Å². The zero-order valence-electron chi connectivity index (χ0n) is 22.0. The van der Waals surface area contributed by atoms with E-state index in [0.717, 1.165) is 4.90 Å². The van der Waals surface area contributed by atoms with Crippen LogP contribution in [0.3, 0.4) is 0 Å². The summed E-state index contributed by atoms with van der Waals surface area (Å²) in [7, 11) is 3.11. The van der Waals surface area contributed by atoms with Crippen molar-refractivity contribution in [2.24, 2.45) is 23.0 Å². The molecule has 194 valence electrons. The molecule has 0 aromatic carbocycles. The van der Waals surface area contributed by atoms with E-state index in [9.17, 15) is 24.0 Å². The van der Waals surface area contributed by atoms with Gasteiger partial charge in [-0.25, -0.2) is 4.79 Å². The van der Waals surface area contributed by atoms with Crippen LogP contribution in [0.1, 0.15) is 67.7 Å². The first-order chi connectivity index (χ1) is 15.3. The number of Topliss-reactive ketones (excluding diaryl/α,β-unsaturated/α-hetero) is 1. The second-order valence-electron chi connectivity index (χ2n) is 11.3. The molecule has 10 heteroatoms. The fraction of sp³-hybridized carbons (Fsp3) is 0.792. The number of rotatable bonds is 11. The lowest BCUT2D eigenvalue weighted by Crippen LogP contribution is -2.54. The third kappa shape index (κ3) is 6.73. The number of nitrogens with two attached hydrogens (primary N) is 1. The number of ketones is 1. The fourth-order valence-corrected chi connectivity index (χ4v) is 4.64. The van der Waals surface area contributed by atoms with Crippen molar-refractivity contribution in [3.8, 4) is 0 Å². The molecule has 0 aromatic heterocycles. The number of carbonyl (C=O) groups is 5. The zero-order chi connectivity index (χ0) is 26.8. The number of likely N-dealkylation sites (N-methyl/N-ethyl adjacent to an activating group) is 2. The molecule has 1 saturated heterocycles. The zero-order valence-corrected chi connectivity index (χ0v) is 22.9. The third-order valence-corrected chi connectivity index (χ3v) is 7.05. The number of urea groups is 1. The fourth-order valence-electron chi connectivity index (χ4n) is 4.42. The second kappa shape index (κ2) is 11.1. The molecule has 2 N–H and O–H groups in total. The Labute approximate surface area is 209 Å². The van der Waals surface area contributed by atoms with Crippen LogP contribution in [-0.4, -0.2) is 81.7 Å². The van der Waals surface area contributed by atoms with Crippen molar-refractivity contribution in [2.45, 2.75) is 84.6 Å². The molecule has 34 heavy (non-hydrogen) atoms. The van der Waals surface area contributed by atoms with Crippen molar-refractivity contribution in [3.63, 3.8) is 0 Å². The van der Waals surface area contributed by atoms with E-state index in [-0.39, 0.29) is 42.9 Å². The number of nitrogens with zero attached hydrogens (tertiary/aromatic N) is 3. The van der Waals surface area contributed by atoms with Crippen LogP contribution < -0.4 is 5.73 Å². The Morgan fingerprint density at radius 1 is 1.15 bits per heavy atom. The highest BCUT2D eigenvalue weighted by Crippen LogP contribution is 2.29. The van der Waals surface area contributed by atoms with E-state index in [1.54, 1.807) is 27.9 Å². The van der Waals surface area contributed by atoms with Crippen LogP contribution in [0.4, 0.5) is 4.79 Å². The van der Waals surface area contributed by atoms with Gasteiger partial charge in [0.25, 0.3) is 5.91 Å². The summed E-state index contributed by atoms with van der Waals surface area (Å²) >= 11 is 4.42. The van der Waals surface area contributed by atoms with E-state index in [0.29, 0.717) is 6.42 Å². The number of thiol groups is 1. The summed E-state index contributed by atoms with van der Waals surface area (Å²) in [6.07, 6.45) is 0.610. The number of imide groups is 1. The van der Waals surface area contributed by atoms with Gasteiger partial charge in [-0.05, 0) is 38.0 Å². The number of carbonyl (C=O) groups excluding carboxylic acids is 5. The van der Waals surface area contributed by atoms with Gasteiger partial charge in [0, 0.05) is 33.0 Å². The van der Waals surface area contributed by atoms with Crippen LogP contribution in [0.2, 0.25) is 0 Å². The summed E-state index contributed by atoms with van der Waals surface area (Å²) in [5.74, 6) is -1.95. The quantitative estimate of drug-likeness (QED) is 0.335. The topological polar surface area (TPSA) is 121 Å². The molecule has 5 amide bonds. The van der Waals surface area contributed by atoms with Gasteiger partial charge in [0.05, 0.1) is 5.25 Å². The standard InChI is InChI=1S/C24H42N4O5S/c1-14(2)12-15(20(31)26(8)18(19(25)30)23(3,4)5)13-16(29)17(34)10-11-28-21(32)24(6,7)27(9)22(28)33/h14-15,17-18,34H,10-13H2,1-9H3,(H2,25,30)/t15-,17+,18-/m1/s1. The van der Waals surface area contributed by atoms with Gasteiger partial charge < -0.3 is 15.5 Å². The molecule has 1 aliphatic heterocycles. The summed E-state index contributed by atoms with van der Waals surface area (Å²) in [4.78, 5) is 67.2. The molecule has 0 saturated carbocycles. The van der Waals surface area contributed by atoms with Gasteiger partial charge in [-0.2, -0.15) is 12.6 Å².